The van der Waals surface area contributed by atoms with E-state index in [4.69, 9.17) is 10.5 Å². The molecule has 28 heavy (non-hydrogen) atoms. The third kappa shape index (κ3) is 3.48. The number of rotatable bonds is 5. The van der Waals surface area contributed by atoms with Crippen molar-refractivity contribution in [2.45, 2.75) is 6.54 Å². The fourth-order valence-electron chi connectivity index (χ4n) is 2.77. The third-order valence-corrected chi connectivity index (χ3v) is 4.23. The van der Waals surface area contributed by atoms with Gasteiger partial charge in [-0.3, -0.25) is 9.78 Å². The molecule has 0 aliphatic rings. The second kappa shape index (κ2) is 7.36. The van der Waals surface area contributed by atoms with E-state index in [1.54, 1.807) is 25.4 Å². The molecule has 1 amide bonds. The summed E-state index contributed by atoms with van der Waals surface area (Å²) in [7, 11) is 1.61. The van der Waals surface area contributed by atoms with E-state index >= 15 is 0 Å². The number of nitrogens with one attached hydrogen (secondary N) is 1. The van der Waals surface area contributed by atoms with Gasteiger partial charge in [0.1, 0.15) is 17.3 Å². The summed E-state index contributed by atoms with van der Waals surface area (Å²) in [6, 6.07) is 16.2. The Balaban J connectivity index is 1.55. The maximum atomic E-state index is 12.6. The first-order valence-corrected chi connectivity index (χ1v) is 8.63. The monoisotopic (exact) mass is 374 g/mol. The van der Waals surface area contributed by atoms with Crippen LogP contribution >= 0.6 is 0 Å². The van der Waals surface area contributed by atoms with Crippen molar-refractivity contribution < 1.29 is 9.53 Å². The Hall–Kier alpha value is -3.94. The van der Waals surface area contributed by atoms with E-state index in [0.717, 1.165) is 11.3 Å². The zero-order chi connectivity index (χ0) is 19.5. The van der Waals surface area contributed by atoms with Gasteiger partial charge in [0, 0.05) is 18.3 Å². The lowest BCUT2D eigenvalue weighted by Gasteiger charge is -2.07. The Morgan fingerprint density at radius 3 is 2.71 bits per heavy atom. The number of ether oxygens (including phenoxy) is 1. The van der Waals surface area contributed by atoms with E-state index < -0.39 is 0 Å². The lowest BCUT2D eigenvalue weighted by molar-refractivity contribution is 0.0951. The molecule has 0 bridgehead atoms. The second-order valence-electron chi connectivity index (χ2n) is 6.12. The molecule has 3 N–H and O–H groups in total. The van der Waals surface area contributed by atoms with Crippen LogP contribution in [0, 0.1) is 0 Å². The molecule has 0 aliphatic heterocycles. The minimum Gasteiger partial charge on any atom is -0.497 e. The van der Waals surface area contributed by atoms with Crippen LogP contribution in [-0.4, -0.2) is 32.6 Å². The number of aromatic nitrogens is 4. The van der Waals surface area contributed by atoms with Gasteiger partial charge in [0.2, 0.25) is 5.82 Å². The predicted octanol–water partition coefficient (Wildman–Crippen LogP) is 2.31. The van der Waals surface area contributed by atoms with Gasteiger partial charge in [-0.25, -0.2) is 4.98 Å². The van der Waals surface area contributed by atoms with Crippen molar-refractivity contribution in [3.63, 3.8) is 0 Å². The summed E-state index contributed by atoms with van der Waals surface area (Å²) in [6.45, 7) is 0.389. The number of fused-ring (bicyclic) bond motifs is 1. The van der Waals surface area contributed by atoms with Gasteiger partial charge in [-0.2, -0.15) is 4.52 Å². The quantitative estimate of drug-likeness (QED) is 0.555. The average Bonchev–Trinajstić information content (AvgIpc) is 3.18. The molecular formula is C20H18N6O2. The molecule has 0 fully saturated rings. The molecule has 0 aliphatic carbocycles. The maximum absolute atomic E-state index is 12.6. The van der Waals surface area contributed by atoms with Crippen LogP contribution in [0.1, 0.15) is 15.9 Å². The van der Waals surface area contributed by atoms with Gasteiger partial charge in [0.15, 0.2) is 5.65 Å². The van der Waals surface area contributed by atoms with E-state index in [1.165, 1.54) is 4.52 Å². The number of carbonyl (C=O) groups is 1. The number of benzene rings is 1. The van der Waals surface area contributed by atoms with E-state index in [0.29, 0.717) is 35.1 Å². The van der Waals surface area contributed by atoms with Gasteiger partial charge >= 0.3 is 0 Å². The second-order valence-corrected chi connectivity index (χ2v) is 6.12. The van der Waals surface area contributed by atoms with Crippen LogP contribution in [0.2, 0.25) is 0 Å². The highest BCUT2D eigenvalue weighted by Gasteiger charge is 2.14. The Morgan fingerprint density at radius 1 is 1.18 bits per heavy atom. The minimum absolute atomic E-state index is 0.243. The van der Waals surface area contributed by atoms with Crippen molar-refractivity contribution in [1.29, 1.82) is 0 Å². The molecule has 0 radical (unpaired) electrons. The molecule has 0 saturated heterocycles. The van der Waals surface area contributed by atoms with Crippen molar-refractivity contribution in [3.8, 4) is 17.3 Å². The Morgan fingerprint density at radius 2 is 2.00 bits per heavy atom. The first-order valence-electron chi connectivity index (χ1n) is 8.63. The average molecular weight is 374 g/mol. The summed E-state index contributed by atoms with van der Waals surface area (Å²) in [5.74, 6) is 1.29. The van der Waals surface area contributed by atoms with Crippen LogP contribution < -0.4 is 15.8 Å². The van der Waals surface area contributed by atoms with Crippen LogP contribution in [0.25, 0.3) is 17.2 Å². The summed E-state index contributed by atoms with van der Waals surface area (Å²) in [5.41, 5.74) is 8.57. The van der Waals surface area contributed by atoms with Crippen LogP contribution in [0.4, 0.5) is 5.82 Å². The molecule has 0 spiro atoms. The molecular weight excluding hydrogens is 356 g/mol. The zero-order valence-electron chi connectivity index (χ0n) is 15.2. The molecule has 0 unspecified atom stereocenters. The zero-order valence-corrected chi connectivity index (χ0v) is 15.2. The van der Waals surface area contributed by atoms with Crippen LogP contribution in [-0.2, 0) is 6.54 Å². The SMILES string of the molecule is COc1ccc(CNC(=O)c2cc(N)n3nc(-c4ccccn4)nc3c2)cc1. The number of hydrogen-bond acceptors (Lipinski definition) is 6. The number of nitrogens with two attached hydrogens (primary N) is 1. The van der Waals surface area contributed by atoms with Crippen molar-refractivity contribution in [1.82, 2.24) is 24.9 Å². The lowest BCUT2D eigenvalue weighted by atomic mass is 10.2. The van der Waals surface area contributed by atoms with Crippen LogP contribution in [0.5, 0.6) is 5.75 Å². The molecule has 8 heteroatoms. The predicted molar refractivity (Wildman–Crippen MR) is 105 cm³/mol. The standard InChI is InChI=1S/C20H18N6O2/c1-28-15-7-5-13(6-8-15)12-23-20(27)14-10-17(21)26-18(11-14)24-19(25-26)16-4-2-3-9-22-16/h2-11H,12,21H2,1H3,(H,23,27). The van der Waals surface area contributed by atoms with E-state index in [9.17, 15) is 4.79 Å². The Kier molecular flexibility index (Phi) is 4.59. The van der Waals surface area contributed by atoms with Gasteiger partial charge in [0.25, 0.3) is 5.91 Å². The number of amides is 1. The summed E-state index contributed by atoms with van der Waals surface area (Å²) >= 11 is 0. The molecule has 8 nitrogen and oxygen atoms in total. The van der Waals surface area contributed by atoms with Gasteiger partial charge in [-0.1, -0.05) is 18.2 Å². The molecule has 4 rings (SSSR count). The van der Waals surface area contributed by atoms with Crippen molar-refractivity contribution in [2.75, 3.05) is 12.8 Å². The third-order valence-electron chi connectivity index (χ3n) is 4.23. The van der Waals surface area contributed by atoms with Crippen LogP contribution in [0.3, 0.4) is 0 Å². The van der Waals surface area contributed by atoms with Crippen LogP contribution in [0.15, 0.2) is 60.8 Å². The highest BCUT2D eigenvalue weighted by atomic mass is 16.5. The summed E-state index contributed by atoms with van der Waals surface area (Å²) < 4.78 is 6.62. The van der Waals surface area contributed by atoms with E-state index in [1.807, 2.05) is 42.5 Å². The molecule has 0 atom stereocenters. The fourth-order valence-corrected chi connectivity index (χ4v) is 2.77. The highest BCUT2D eigenvalue weighted by molar-refractivity contribution is 5.95. The van der Waals surface area contributed by atoms with Gasteiger partial charge in [-0.15, -0.1) is 5.10 Å². The van der Waals surface area contributed by atoms with Crippen molar-refractivity contribution in [2.24, 2.45) is 0 Å². The highest BCUT2D eigenvalue weighted by Crippen LogP contribution is 2.18. The molecule has 3 aromatic heterocycles. The van der Waals surface area contributed by atoms with Crippen molar-refractivity contribution >= 4 is 17.4 Å². The molecule has 140 valence electrons. The number of nitrogens with zero attached hydrogens (tertiary/aromatic N) is 4. The topological polar surface area (TPSA) is 107 Å². The maximum Gasteiger partial charge on any atom is 0.251 e. The van der Waals surface area contributed by atoms with Gasteiger partial charge in [0.05, 0.1) is 7.11 Å². The smallest absolute Gasteiger partial charge is 0.251 e. The number of pyridine rings is 2. The Bertz CT molecular complexity index is 1120. The van der Waals surface area contributed by atoms with Gasteiger partial charge in [-0.05, 0) is 42.0 Å². The lowest BCUT2D eigenvalue weighted by Crippen LogP contribution is -2.23. The normalized spacial score (nSPS) is 10.8. The molecule has 1 aromatic carbocycles. The summed E-state index contributed by atoms with van der Waals surface area (Å²) in [4.78, 5) is 21.2. The Labute approximate surface area is 161 Å². The molecule has 0 saturated carbocycles. The number of methoxy groups -OCH3 is 1. The first kappa shape index (κ1) is 17.5. The van der Waals surface area contributed by atoms with Gasteiger partial charge < -0.3 is 15.8 Å². The number of nitrogen functional groups attached to an aromatic ring is 1. The summed E-state index contributed by atoms with van der Waals surface area (Å²) in [6.07, 6.45) is 1.67. The van der Waals surface area contributed by atoms with E-state index in [-0.39, 0.29) is 5.91 Å². The summed E-state index contributed by atoms with van der Waals surface area (Å²) in [5, 5.41) is 7.25. The number of anilines is 1. The minimum atomic E-state index is -0.243. The van der Waals surface area contributed by atoms with Crippen molar-refractivity contribution in [3.05, 3.63) is 71.9 Å². The molecule has 3 heterocycles. The number of hydrogen-bond donors (Lipinski definition) is 2. The molecule has 4 aromatic rings. The first-order chi connectivity index (χ1) is 13.6. The van der Waals surface area contributed by atoms with E-state index in [2.05, 4.69) is 20.4 Å². The largest absolute Gasteiger partial charge is 0.497 e. The number of carbonyl (C=O) groups excluding carboxylic acids is 1. The fraction of sp³-hybridized carbons (Fsp3) is 0.100.